The summed E-state index contributed by atoms with van der Waals surface area (Å²) in [5.74, 6) is 0.594. The summed E-state index contributed by atoms with van der Waals surface area (Å²) in [4.78, 5) is 15.6. The smallest absolute Gasteiger partial charge is 0.416 e. The van der Waals surface area contributed by atoms with Crippen LogP contribution in [0.4, 0.5) is 18.9 Å². The molecule has 3 aromatic rings. The number of nitrogens with one attached hydrogen (secondary N) is 3. The van der Waals surface area contributed by atoms with E-state index in [4.69, 9.17) is 4.74 Å². The largest absolute Gasteiger partial charge is 0.493 e. The Hall–Kier alpha value is -3.00. The van der Waals surface area contributed by atoms with Crippen LogP contribution in [0.5, 0.6) is 5.75 Å². The van der Waals surface area contributed by atoms with Gasteiger partial charge in [-0.25, -0.2) is 0 Å². The van der Waals surface area contributed by atoms with Gasteiger partial charge in [0.15, 0.2) is 0 Å². The van der Waals surface area contributed by atoms with Crippen molar-refractivity contribution < 1.29 is 22.7 Å². The summed E-state index contributed by atoms with van der Waals surface area (Å²) in [5.41, 5.74) is 1.26. The molecule has 0 unspecified atom stereocenters. The minimum absolute atomic E-state index is 0.0317. The molecule has 0 saturated carbocycles. The number of hydrogen-bond acceptors (Lipinski definition) is 3. The number of fused-ring (bicyclic) bond motifs is 1. The standard InChI is InChI=1S/C22H22F3N3O2/c1-21(12-26-13-21)20(29)28-19-11-27-18-7-6-16(10-17(18)19)30-9-8-14-2-4-15(5-3-14)22(23,24)25/h2-7,10-11,26-27H,8-9,12-13H2,1H3,(H,28,29). The molecule has 0 radical (unpaired) electrons. The topological polar surface area (TPSA) is 66.2 Å². The Morgan fingerprint density at radius 1 is 1.17 bits per heavy atom. The molecular weight excluding hydrogens is 395 g/mol. The molecule has 158 valence electrons. The zero-order chi connectivity index (χ0) is 21.4. The molecule has 0 spiro atoms. The van der Waals surface area contributed by atoms with Crippen molar-refractivity contribution >= 4 is 22.5 Å². The third kappa shape index (κ3) is 4.14. The van der Waals surface area contributed by atoms with E-state index in [1.807, 2.05) is 25.1 Å². The second kappa shape index (κ2) is 7.68. The molecule has 1 aromatic heterocycles. The molecule has 5 nitrogen and oxygen atoms in total. The minimum Gasteiger partial charge on any atom is -0.493 e. The number of ether oxygens (including phenoxy) is 1. The Labute approximate surface area is 171 Å². The predicted molar refractivity (Wildman–Crippen MR) is 109 cm³/mol. The summed E-state index contributed by atoms with van der Waals surface area (Å²) in [6.07, 6.45) is -2.09. The van der Waals surface area contributed by atoms with Crippen LogP contribution >= 0.6 is 0 Å². The normalized spacial score (nSPS) is 15.6. The van der Waals surface area contributed by atoms with E-state index in [0.717, 1.165) is 28.6 Å². The van der Waals surface area contributed by atoms with Crippen LogP contribution in [0.15, 0.2) is 48.7 Å². The molecule has 1 fully saturated rings. The second-order valence-electron chi connectivity index (χ2n) is 7.82. The molecule has 3 N–H and O–H groups in total. The zero-order valence-corrected chi connectivity index (χ0v) is 16.4. The van der Waals surface area contributed by atoms with E-state index < -0.39 is 17.2 Å². The number of carbonyl (C=O) groups is 1. The van der Waals surface area contributed by atoms with Gasteiger partial charge < -0.3 is 20.4 Å². The maximum absolute atomic E-state index is 12.6. The maximum Gasteiger partial charge on any atom is 0.416 e. The third-order valence-electron chi connectivity index (χ3n) is 5.42. The van der Waals surface area contributed by atoms with Gasteiger partial charge in [0.25, 0.3) is 0 Å². The van der Waals surface area contributed by atoms with Gasteiger partial charge in [-0.2, -0.15) is 13.2 Å². The quantitative estimate of drug-likeness (QED) is 0.559. The first-order valence-corrected chi connectivity index (χ1v) is 9.67. The van der Waals surface area contributed by atoms with Crippen molar-refractivity contribution in [1.29, 1.82) is 0 Å². The van der Waals surface area contributed by atoms with Crippen molar-refractivity contribution in [3.05, 3.63) is 59.8 Å². The van der Waals surface area contributed by atoms with Crippen molar-refractivity contribution in [1.82, 2.24) is 10.3 Å². The molecule has 1 saturated heterocycles. The third-order valence-corrected chi connectivity index (χ3v) is 5.42. The fourth-order valence-corrected chi connectivity index (χ4v) is 3.37. The van der Waals surface area contributed by atoms with E-state index >= 15 is 0 Å². The van der Waals surface area contributed by atoms with Gasteiger partial charge in [-0.15, -0.1) is 0 Å². The number of amides is 1. The van der Waals surface area contributed by atoms with Gasteiger partial charge in [-0.05, 0) is 42.8 Å². The summed E-state index contributed by atoms with van der Waals surface area (Å²) in [7, 11) is 0. The number of benzene rings is 2. The number of rotatable bonds is 6. The van der Waals surface area contributed by atoms with Crippen LogP contribution in [-0.2, 0) is 17.4 Å². The van der Waals surface area contributed by atoms with Crippen LogP contribution in [0.3, 0.4) is 0 Å². The van der Waals surface area contributed by atoms with E-state index in [2.05, 4.69) is 15.6 Å². The van der Waals surface area contributed by atoms with Crippen LogP contribution in [0.25, 0.3) is 10.9 Å². The number of aromatic nitrogens is 1. The second-order valence-corrected chi connectivity index (χ2v) is 7.82. The van der Waals surface area contributed by atoms with Gasteiger partial charge in [0.1, 0.15) is 5.75 Å². The highest BCUT2D eigenvalue weighted by Crippen LogP contribution is 2.31. The highest BCUT2D eigenvalue weighted by atomic mass is 19.4. The molecule has 4 rings (SSSR count). The Morgan fingerprint density at radius 3 is 2.53 bits per heavy atom. The highest BCUT2D eigenvalue weighted by molar-refractivity contribution is 6.04. The Balaban J connectivity index is 1.39. The average Bonchev–Trinajstić information content (AvgIpc) is 3.08. The molecule has 1 aliphatic heterocycles. The van der Waals surface area contributed by atoms with Crippen LogP contribution in [0.1, 0.15) is 18.1 Å². The van der Waals surface area contributed by atoms with E-state index in [9.17, 15) is 18.0 Å². The lowest BCUT2D eigenvalue weighted by Gasteiger charge is -2.37. The monoisotopic (exact) mass is 417 g/mol. The number of anilines is 1. The van der Waals surface area contributed by atoms with Crippen LogP contribution < -0.4 is 15.4 Å². The number of hydrogen-bond donors (Lipinski definition) is 3. The van der Waals surface area contributed by atoms with E-state index in [1.165, 1.54) is 12.1 Å². The number of carbonyl (C=O) groups excluding carboxylic acids is 1. The first-order valence-electron chi connectivity index (χ1n) is 9.67. The molecule has 30 heavy (non-hydrogen) atoms. The predicted octanol–water partition coefficient (Wildman–Crippen LogP) is 4.36. The lowest BCUT2D eigenvalue weighted by Crippen LogP contribution is -2.57. The van der Waals surface area contributed by atoms with Gasteiger partial charge in [-0.3, -0.25) is 4.79 Å². The Morgan fingerprint density at radius 2 is 1.90 bits per heavy atom. The summed E-state index contributed by atoms with van der Waals surface area (Å²) in [6.45, 7) is 3.55. The highest BCUT2D eigenvalue weighted by Gasteiger charge is 2.39. The van der Waals surface area contributed by atoms with E-state index in [-0.39, 0.29) is 5.91 Å². The minimum atomic E-state index is -4.33. The van der Waals surface area contributed by atoms with Crippen molar-refractivity contribution in [3.8, 4) is 5.75 Å². The van der Waals surface area contributed by atoms with Crippen molar-refractivity contribution in [2.24, 2.45) is 5.41 Å². The van der Waals surface area contributed by atoms with Crippen LogP contribution in [0, 0.1) is 5.41 Å². The molecular formula is C22H22F3N3O2. The average molecular weight is 417 g/mol. The van der Waals surface area contributed by atoms with Crippen molar-refractivity contribution in [2.75, 3.05) is 25.0 Å². The molecule has 0 aliphatic carbocycles. The van der Waals surface area contributed by atoms with Gasteiger partial charge in [0, 0.05) is 36.6 Å². The molecule has 1 aliphatic rings. The van der Waals surface area contributed by atoms with Gasteiger partial charge >= 0.3 is 6.18 Å². The van der Waals surface area contributed by atoms with Gasteiger partial charge in [0.2, 0.25) is 5.91 Å². The number of H-pyrrole nitrogens is 1. The van der Waals surface area contributed by atoms with Crippen molar-refractivity contribution in [2.45, 2.75) is 19.5 Å². The molecule has 0 atom stereocenters. The molecule has 2 heterocycles. The van der Waals surface area contributed by atoms with Crippen molar-refractivity contribution in [3.63, 3.8) is 0 Å². The zero-order valence-electron chi connectivity index (χ0n) is 16.4. The lowest BCUT2D eigenvalue weighted by molar-refractivity contribution is -0.137. The number of aromatic amines is 1. The van der Waals surface area contributed by atoms with E-state index in [0.29, 0.717) is 37.6 Å². The number of alkyl halides is 3. The fraction of sp³-hybridized carbons (Fsp3) is 0.318. The van der Waals surface area contributed by atoms with Gasteiger partial charge in [0.05, 0.1) is 23.3 Å². The SMILES string of the molecule is CC1(C(=O)Nc2c[nH]c3ccc(OCCc4ccc(C(F)(F)F)cc4)cc23)CNC1. The maximum atomic E-state index is 12.6. The molecule has 1 amide bonds. The van der Waals surface area contributed by atoms with Gasteiger partial charge in [-0.1, -0.05) is 12.1 Å². The Bertz CT molecular complexity index is 1050. The first kappa shape index (κ1) is 20.3. The first-order chi connectivity index (χ1) is 14.2. The lowest BCUT2D eigenvalue weighted by atomic mass is 9.83. The molecule has 2 aromatic carbocycles. The number of halogens is 3. The molecule has 0 bridgehead atoms. The fourth-order valence-electron chi connectivity index (χ4n) is 3.37. The van der Waals surface area contributed by atoms with Crippen LogP contribution in [-0.4, -0.2) is 30.6 Å². The summed E-state index contributed by atoms with van der Waals surface area (Å²) < 4.78 is 43.7. The molecule has 8 heteroatoms. The van der Waals surface area contributed by atoms with Crippen LogP contribution in [0.2, 0.25) is 0 Å². The summed E-state index contributed by atoms with van der Waals surface area (Å²) >= 11 is 0. The summed E-state index contributed by atoms with van der Waals surface area (Å²) in [5, 5.41) is 6.93. The summed E-state index contributed by atoms with van der Waals surface area (Å²) in [6, 6.07) is 10.6. The van der Waals surface area contributed by atoms with E-state index in [1.54, 1.807) is 6.20 Å². The Kier molecular flexibility index (Phi) is 5.19.